The zero-order valence-corrected chi connectivity index (χ0v) is 7.56. The average molecular weight is 194 g/mol. The maximum absolute atomic E-state index is 11.3. The third-order valence-electron chi connectivity index (χ3n) is 1.71. The summed E-state index contributed by atoms with van der Waals surface area (Å²) in [5.74, 6) is -2.17. The van der Waals surface area contributed by atoms with E-state index in [0.717, 1.165) is 6.07 Å². The van der Waals surface area contributed by atoms with Crippen LogP contribution in [0.2, 0.25) is 0 Å². The van der Waals surface area contributed by atoms with E-state index in [1.54, 1.807) is 6.92 Å². The molecule has 0 unspecified atom stereocenters. The molecule has 0 saturated carbocycles. The van der Waals surface area contributed by atoms with Crippen LogP contribution in [0.25, 0.3) is 0 Å². The fourth-order valence-corrected chi connectivity index (χ4v) is 1.01. The van der Waals surface area contributed by atoms with Crippen molar-refractivity contribution in [2.75, 3.05) is 0 Å². The van der Waals surface area contributed by atoms with Gasteiger partial charge in [0.2, 0.25) is 5.75 Å². The molecule has 0 spiro atoms. The lowest BCUT2D eigenvalue weighted by molar-refractivity contribution is 0.104. The molecule has 1 aromatic rings. The summed E-state index contributed by atoms with van der Waals surface area (Å²) in [7, 11) is 0. The minimum Gasteiger partial charge on any atom is -0.504 e. The summed E-state index contributed by atoms with van der Waals surface area (Å²) in [6, 6.07) is 2.39. The second-order valence-corrected chi connectivity index (χ2v) is 2.69. The molecule has 0 atom stereocenters. The number of benzene rings is 1. The van der Waals surface area contributed by atoms with Gasteiger partial charge in [0, 0.05) is 0 Å². The minimum absolute atomic E-state index is 0.0431. The summed E-state index contributed by atoms with van der Waals surface area (Å²) < 4.78 is 0. The number of carbonyl (C=O) groups is 1. The monoisotopic (exact) mass is 194 g/mol. The van der Waals surface area contributed by atoms with E-state index in [0.29, 0.717) is 0 Å². The molecule has 0 aliphatic carbocycles. The first-order valence-electron chi connectivity index (χ1n) is 3.98. The Morgan fingerprint density at radius 3 is 2.43 bits per heavy atom. The Morgan fingerprint density at radius 2 is 1.86 bits per heavy atom. The van der Waals surface area contributed by atoms with Crippen LogP contribution in [-0.2, 0) is 0 Å². The summed E-state index contributed by atoms with van der Waals surface area (Å²) in [6.07, 6.45) is 2.78. The largest absolute Gasteiger partial charge is 0.504 e. The van der Waals surface area contributed by atoms with Gasteiger partial charge in [-0.25, -0.2) is 0 Å². The number of allylic oxidation sites excluding steroid dienone is 2. The van der Waals surface area contributed by atoms with Gasteiger partial charge >= 0.3 is 0 Å². The zero-order chi connectivity index (χ0) is 10.7. The molecule has 4 heteroatoms. The summed E-state index contributed by atoms with van der Waals surface area (Å²) in [5, 5.41) is 27.4. The van der Waals surface area contributed by atoms with Crippen LogP contribution in [0.1, 0.15) is 17.3 Å². The van der Waals surface area contributed by atoms with E-state index < -0.39 is 23.0 Å². The van der Waals surface area contributed by atoms with Crippen LogP contribution in [0.15, 0.2) is 24.3 Å². The first-order valence-corrected chi connectivity index (χ1v) is 3.98. The van der Waals surface area contributed by atoms with Crippen molar-refractivity contribution < 1.29 is 20.1 Å². The molecule has 0 amide bonds. The Hall–Kier alpha value is -1.97. The number of carbonyl (C=O) groups excluding carboxylic acids is 1. The Kier molecular flexibility index (Phi) is 2.76. The molecule has 0 aromatic heterocycles. The summed E-state index contributed by atoms with van der Waals surface area (Å²) >= 11 is 0. The first kappa shape index (κ1) is 10.1. The molecule has 0 fully saturated rings. The highest BCUT2D eigenvalue weighted by molar-refractivity contribution is 6.07. The van der Waals surface area contributed by atoms with E-state index in [-0.39, 0.29) is 5.56 Å². The summed E-state index contributed by atoms with van der Waals surface area (Å²) in [5.41, 5.74) is -0.0431. The van der Waals surface area contributed by atoms with Crippen molar-refractivity contribution in [1.29, 1.82) is 0 Å². The van der Waals surface area contributed by atoms with Crippen molar-refractivity contribution in [3.05, 3.63) is 29.8 Å². The first-order chi connectivity index (χ1) is 6.57. The fourth-order valence-electron chi connectivity index (χ4n) is 1.01. The van der Waals surface area contributed by atoms with Crippen LogP contribution in [0.5, 0.6) is 17.2 Å². The second kappa shape index (κ2) is 3.83. The number of ketones is 1. The van der Waals surface area contributed by atoms with Gasteiger partial charge in [-0.05, 0) is 25.1 Å². The van der Waals surface area contributed by atoms with Crippen LogP contribution in [0, 0.1) is 0 Å². The van der Waals surface area contributed by atoms with Crippen LogP contribution in [0.3, 0.4) is 0 Å². The molecule has 0 bridgehead atoms. The molecule has 0 heterocycles. The van der Waals surface area contributed by atoms with E-state index >= 15 is 0 Å². The van der Waals surface area contributed by atoms with Gasteiger partial charge in [-0.3, -0.25) is 4.79 Å². The van der Waals surface area contributed by atoms with Gasteiger partial charge in [-0.15, -0.1) is 0 Å². The van der Waals surface area contributed by atoms with Crippen LogP contribution < -0.4 is 0 Å². The molecule has 0 aliphatic rings. The van der Waals surface area contributed by atoms with Crippen molar-refractivity contribution >= 4 is 5.78 Å². The fraction of sp³-hybridized carbons (Fsp3) is 0.100. The molecule has 0 aliphatic heterocycles. The van der Waals surface area contributed by atoms with Gasteiger partial charge in [0.1, 0.15) is 0 Å². The number of hydrogen-bond acceptors (Lipinski definition) is 4. The lowest BCUT2D eigenvalue weighted by Crippen LogP contribution is -1.94. The number of hydrogen-bond donors (Lipinski definition) is 3. The highest BCUT2D eigenvalue weighted by atomic mass is 16.3. The van der Waals surface area contributed by atoms with E-state index in [1.807, 2.05) is 0 Å². The van der Waals surface area contributed by atoms with Crippen LogP contribution in [-0.4, -0.2) is 21.1 Å². The molecule has 4 nitrogen and oxygen atoms in total. The van der Waals surface area contributed by atoms with Gasteiger partial charge in [-0.2, -0.15) is 0 Å². The van der Waals surface area contributed by atoms with Gasteiger partial charge < -0.3 is 15.3 Å². The van der Waals surface area contributed by atoms with Crippen LogP contribution >= 0.6 is 0 Å². The van der Waals surface area contributed by atoms with Crippen molar-refractivity contribution in [3.8, 4) is 17.2 Å². The predicted molar refractivity (Wildman–Crippen MR) is 50.6 cm³/mol. The smallest absolute Gasteiger partial charge is 0.201 e. The van der Waals surface area contributed by atoms with Crippen molar-refractivity contribution in [2.24, 2.45) is 0 Å². The number of aromatic hydroxyl groups is 3. The van der Waals surface area contributed by atoms with E-state index in [1.165, 1.54) is 18.2 Å². The Bertz CT molecular complexity index is 393. The SMILES string of the molecule is CC=CC(=O)c1ccc(O)c(O)c1O. The number of rotatable bonds is 2. The normalized spacial score (nSPS) is 10.6. The van der Waals surface area contributed by atoms with Crippen molar-refractivity contribution in [3.63, 3.8) is 0 Å². The standard InChI is InChI=1S/C10H10O4/c1-2-3-7(11)6-4-5-8(12)10(14)9(6)13/h2-5,12-14H,1H3. The molecule has 0 saturated heterocycles. The molecule has 14 heavy (non-hydrogen) atoms. The average Bonchev–Trinajstić information content (AvgIpc) is 2.15. The Labute approximate surface area is 80.7 Å². The van der Waals surface area contributed by atoms with E-state index in [4.69, 9.17) is 10.2 Å². The third-order valence-corrected chi connectivity index (χ3v) is 1.71. The van der Waals surface area contributed by atoms with Gasteiger partial charge in [0.05, 0.1) is 5.56 Å². The maximum atomic E-state index is 11.3. The lowest BCUT2D eigenvalue weighted by atomic mass is 10.1. The highest BCUT2D eigenvalue weighted by Gasteiger charge is 2.14. The zero-order valence-electron chi connectivity index (χ0n) is 7.56. The molecular formula is C10H10O4. The number of phenolic OH excluding ortho intramolecular Hbond substituents is 3. The second-order valence-electron chi connectivity index (χ2n) is 2.69. The molecular weight excluding hydrogens is 184 g/mol. The Morgan fingerprint density at radius 1 is 1.21 bits per heavy atom. The van der Waals surface area contributed by atoms with Gasteiger partial charge in [-0.1, -0.05) is 6.08 Å². The third kappa shape index (κ3) is 1.69. The summed E-state index contributed by atoms with van der Waals surface area (Å²) in [4.78, 5) is 11.3. The van der Waals surface area contributed by atoms with Crippen LogP contribution in [0.4, 0.5) is 0 Å². The predicted octanol–water partition coefficient (Wildman–Crippen LogP) is 1.56. The molecule has 74 valence electrons. The quantitative estimate of drug-likeness (QED) is 0.379. The molecule has 1 rings (SSSR count). The van der Waals surface area contributed by atoms with Crippen molar-refractivity contribution in [1.82, 2.24) is 0 Å². The van der Waals surface area contributed by atoms with Gasteiger partial charge in [0.25, 0.3) is 0 Å². The molecule has 1 aromatic carbocycles. The number of phenols is 3. The minimum atomic E-state index is -0.680. The van der Waals surface area contributed by atoms with Gasteiger partial charge in [0.15, 0.2) is 17.3 Å². The van der Waals surface area contributed by atoms with E-state index in [2.05, 4.69) is 0 Å². The Balaban J connectivity index is 3.24. The van der Waals surface area contributed by atoms with E-state index in [9.17, 15) is 9.90 Å². The summed E-state index contributed by atoms with van der Waals surface area (Å²) in [6.45, 7) is 1.66. The maximum Gasteiger partial charge on any atom is 0.201 e. The highest BCUT2D eigenvalue weighted by Crippen LogP contribution is 2.37. The lowest BCUT2D eigenvalue weighted by Gasteiger charge is -2.04. The topological polar surface area (TPSA) is 77.8 Å². The molecule has 0 radical (unpaired) electrons. The van der Waals surface area contributed by atoms with Crippen molar-refractivity contribution in [2.45, 2.75) is 6.92 Å². The molecule has 3 N–H and O–H groups in total.